The van der Waals surface area contributed by atoms with Gasteiger partial charge in [-0.1, -0.05) is 85.8 Å². The van der Waals surface area contributed by atoms with Gasteiger partial charge in [0.1, 0.15) is 12.4 Å². The molecule has 0 aromatic heterocycles. The van der Waals surface area contributed by atoms with E-state index in [1.165, 1.54) is 11.0 Å². The molecule has 0 aliphatic rings. The van der Waals surface area contributed by atoms with E-state index in [-0.39, 0.29) is 17.3 Å². The molecule has 0 heterocycles. The van der Waals surface area contributed by atoms with Gasteiger partial charge in [-0.05, 0) is 53.8 Å². The fraction of sp³-hybridized carbons (Fsp3) is 0.156. The molecule has 2 amide bonds. The summed E-state index contributed by atoms with van der Waals surface area (Å²) in [4.78, 5) is 25.9. The van der Waals surface area contributed by atoms with Crippen LogP contribution in [-0.4, -0.2) is 37.6 Å². The van der Waals surface area contributed by atoms with Gasteiger partial charge in [0.05, 0.1) is 4.90 Å². The third kappa shape index (κ3) is 8.06. The molecule has 0 aliphatic carbocycles. The predicted molar refractivity (Wildman–Crippen MR) is 165 cm³/mol. The minimum Gasteiger partial charge on any atom is -0.465 e. The number of nitrogens with one attached hydrogen (secondary N) is 2. The van der Waals surface area contributed by atoms with Crippen LogP contribution in [0.1, 0.15) is 30.0 Å². The highest BCUT2D eigenvalue weighted by Crippen LogP contribution is 2.30. The van der Waals surface area contributed by atoms with Crippen LogP contribution in [0.2, 0.25) is 0 Å². The minimum atomic E-state index is -3.95. The van der Waals surface area contributed by atoms with E-state index >= 15 is 0 Å². The maximum absolute atomic E-state index is 12.4. The Morgan fingerprint density at radius 3 is 2.23 bits per heavy atom. The summed E-state index contributed by atoms with van der Waals surface area (Å²) in [5.74, 6) is -0.140. The molecule has 10 nitrogen and oxygen atoms in total. The van der Waals surface area contributed by atoms with E-state index in [1.54, 1.807) is 60.7 Å². The summed E-state index contributed by atoms with van der Waals surface area (Å²) in [6.45, 7) is 1.95. The molecule has 0 fully saturated rings. The lowest BCUT2D eigenvalue weighted by atomic mass is 9.99. The van der Waals surface area contributed by atoms with Crippen LogP contribution >= 0.6 is 0 Å². The molecule has 0 aliphatic heterocycles. The van der Waals surface area contributed by atoms with Crippen molar-refractivity contribution in [2.24, 2.45) is 5.14 Å². The quantitative estimate of drug-likeness (QED) is 0.134. The Morgan fingerprint density at radius 1 is 0.930 bits per heavy atom. The number of hydrogen-bond donors (Lipinski definition) is 4. The Kier molecular flexibility index (Phi) is 9.91. The lowest BCUT2D eigenvalue weighted by Gasteiger charge is -2.29. The second-order valence-electron chi connectivity index (χ2n) is 9.77. The van der Waals surface area contributed by atoms with Gasteiger partial charge >= 0.3 is 12.2 Å². The molecular weight excluding hydrogens is 568 g/mol. The first kappa shape index (κ1) is 30.9. The molecule has 1 unspecified atom stereocenters. The summed E-state index contributed by atoms with van der Waals surface area (Å²) in [6.07, 6.45) is -1.05. The van der Waals surface area contributed by atoms with Gasteiger partial charge in [0.25, 0.3) is 0 Å². The number of anilines is 1. The SMILES string of the molecule is CCC(Cc1cccc(C(=N)NC(=O)OCc2ccccc2)c1)N(C(=O)O)c1ccc(-c2ccccc2S(N)(=O)=O)cc1. The zero-order valence-electron chi connectivity index (χ0n) is 23.4. The molecule has 4 aromatic rings. The van der Waals surface area contributed by atoms with Gasteiger partial charge in [0, 0.05) is 22.9 Å². The van der Waals surface area contributed by atoms with Gasteiger partial charge in [0.15, 0.2) is 0 Å². The third-order valence-electron chi connectivity index (χ3n) is 6.82. The fourth-order valence-electron chi connectivity index (χ4n) is 4.71. The van der Waals surface area contributed by atoms with Crippen molar-refractivity contribution < 1.29 is 27.9 Å². The molecule has 0 radical (unpaired) electrons. The van der Waals surface area contributed by atoms with Crippen molar-refractivity contribution in [3.63, 3.8) is 0 Å². The molecule has 0 bridgehead atoms. The summed E-state index contributed by atoms with van der Waals surface area (Å²) in [5.41, 5.74) is 3.46. The molecule has 1 atom stereocenters. The lowest BCUT2D eigenvalue weighted by molar-refractivity contribution is 0.145. The van der Waals surface area contributed by atoms with Crippen LogP contribution in [-0.2, 0) is 27.8 Å². The monoisotopic (exact) mass is 600 g/mol. The summed E-state index contributed by atoms with van der Waals surface area (Å²) in [6, 6.07) is 28.7. The number of nitrogens with two attached hydrogens (primary N) is 1. The molecule has 0 saturated carbocycles. The largest absolute Gasteiger partial charge is 0.465 e. The molecule has 4 rings (SSSR count). The Morgan fingerprint density at radius 2 is 1.58 bits per heavy atom. The van der Waals surface area contributed by atoms with Crippen molar-refractivity contribution in [3.8, 4) is 11.1 Å². The highest BCUT2D eigenvalue weighted by atomic mass is 32.2. The number of carbonyl (C=O) groups is 2. The van der Waals surface area contributed by atoms with Gasteiger partial charge < -0.3 is 9.84 Å². The van der Waals surface area contributed by atoms with Crippen LogP contribution in [0.5, 0.6) is 0 Å². The summed E-state index contributed by atoms with van der Waals surface area (Å²) in [7, 11) is -3.95. The van der Waals surface area contributed by atoms with Crippen LogP contribution < -0.4 is 15.4 Å². The van der Waals surface area contributed by atoms with E-state index < -0.39 is 28.3 Å². The molecule has 0 spiro atoms. The van der Waals surface area contributed by atoms with Crippen molar-refractivity contribution in [3.05, 3.63) is 120 Å². The average molecular weight is 601 g/mol. The Bertz CT molecular complexity index is 1710. The molecule has 4 aromatic carbocycles. The zero-order valence-corrected chi connectivity index (χ0v) is 24.3. The van der Waals surface area contributed by atoms with E-state index in [0.29, 0.717) is 35.2 Å². The number of benzene rings is 4. The number of primary sulfonamides is 1. The van der Waals surface area contributed by atoms with E-state index in [1.807, 2.05) is 43.3 Å². The van der Waals surface area contributed by atoms with Crippen LogP contribution in [0.15, 0.2) is 108 Å². The second kappa shape index (κ2) is 13.8. The molecule has 11 heteroatoms. The van der Waals surface area contributed by atoms with E-state index in [2.05, 4.69) is 5.32 Å². The molecule has 222 valence electrons. The normalized spacial score (nSPS) is 11.8. The molecule has 0 saturated heterocycles. The minimum absolute atomic E-state index is 0.0197. The smallest absolute Gasteiger partial charge is 0.413 e. The standard InChI is InChI=1S/C32H32N4O6S/c1-2-26(20-23-11-8-12-25(19-23)30(33)35-31(37)42-21-22-9-4-3-5-10-22)36(32(38)39)27-17-15-24(16-18-27)28-13-6-7-14-29(28)43(34,40)41/h3-19,26H,2,20-21H2,1H3,(H,38,39)(H2,33,35,37)(H2,34,40,41). The number of ether oxygens (including phenoxy) is 1. The van der Waals surface area contributed by atoms with Crippen LogP contribution in [0.4, 0.5) is 15.3 Å². The summed E-state index contributed by atoms with van der Waals surface area (Å²) < 4.78 is 29.3. The van der Waals surface area contributed by atoms with E-state index in [4.69, 9.17) is 15.3 Å². The van der Waals surface area contributed by atoms with Gasteiger partial charge in [-0.15, -0.1) is 0 Å². The number of sulfonamides is 1. The van der Waals surface area contributed by atoms with E-state index in [9.17, 15) is 23.1 Å². The maximum Gasteiger partial charge on any atom is 0.413 e. The van der Waals surface area contributed by atoms with Crippen molar-refractivity contribution in [2.45, 2.75) is 37.3 Å². The number of carbonyl (C=O) groups excluding carboxylic acids is 1. The van der Waals surface area contributed by atoms with Gasteiger partial charge in [-0.3, -0.25) is 15.6 Å². The Labute approximate surface area is 250 Å². The Hall–Kier alpha value is -5.00. The maximum atomic E-state index is 12.4. The second-order valence-corrected chi connectivity index (χ2v) is 11.3. The number of amides is 2. The van der Waals surface area contributed by atoms with Crippen LogP contribution in [0.3, 0.4) is 0 Å². The summed E-state index contributed by atoms with van der Waals surface area (Å²) in [5, 5.41) is 26.3. The van der Waals surface area contributed by atoms with Gasteiger partial charge in [-0.25, -0.2) is 23.1 Å². The number of carboxylic acid groups (broad SMARTS) is 1. The first-order chi connectivity index (χ1) is 20.6. The number of rotatable bonds is 10. The zero-order chi connectivity index (χ0) is 31.0. The van der Waals surface area contributed by atoms with Crippen molar-refractivity contribution in [2.75, 3.05) is 4.90 Å². The predicted octanol–water partition coefficient (Wildman–Crippen LogP) is 5.76. The van der Waals surface area contributed by atoms with Gasteiger partial charge in [0.2, 0.25) is 10.0 Å². The molecule has 5 N–H and O–H groups in total. The van der Waals surface area contributed by atoms with Crippen molar-refractivity contribution in [1.29, 1.82) is 5.41 Å². The number of alkyl carbamates (subject to hydrolysis) is 1. The Balaban J connectivity index is 1.48. The van der Waals surface area contributed by atoms with E-state index in [0.717, 1.165) is 11.1 Å². The topological polar surface area (TPSA) is 163 Å². The number of hydrogen-bond acceptors (Lipinski definition) is 6. The van der Waals surface area contributed by atoms with Crippen LogP contribution in [0.25, 0.3) is 11.1 Å². The fourth-order valence-corrected chi connectivity index (χ4v) is 5.47. The molecular formula is C32H32N4O6S. The van der Waals surface area contributed by atoms with Crippen molar-refractivity contribution in [1.82, 2.24) is 5.32 Å². The third-order valence-corrected chi connectivity index (χ3v) is 7.79. The highest BCUT2D eigenvalue weighted by Gasteiger charge is 2.25. The van der Waals surface area contributed by atoms with Crippen molar-refractivity contribution >= 4 is 33.7 Å². The first-order valence-corrected chi connectivity index (χ1v) is 15.0. The van der Waals surface area contributed by atoms with Gasteiger partial charge in [-0.2, -0.15) is 0 Å². The number of amidine groups is 1. The lowest BCUT2D eigenvalue weighted by Crippen LogP contribution is -2.40. The molecule has 43 heavy (non-hydrogen) atoms. The number of nitrogens with zero attached hydrogens (tertiary/aromatic N) is 1. The van der Waals surface area contributed by atoms with Crippen LogP contribution in [0, 0.1) is 5.41 Å². The average Bonchev–Trinajstić information content (AvgIpc) is 3.00. The highest BCUT2D eigenvalue weighted by molar-refractivity contribution is 7.89. The first-order valence-electron chi connectivity index (χ1n) is 13.5. The summed E-state index contributed by atoms with van der Waals surface area (Å²) >= 11 is 0.